The maximum atomic E-state index is 11.2. The molecule has 116 valence electrons. The van der Waals surface area contributed by atoms with Gasteiger partial charge in [-0.3, -0.25) is 4.79 Å². The highest BCUT2D eigenvalue weighted by atomic mass is 16.6. The van der Waals surface area contributed by atoms with Crippen LogP contribution in [0, 0.1) is 0 Å². The molecular formula is C19H16O4. The van der Waals surface area contributed by atoms with Crippen molar-refractivity contribution >= 4 is 16.7 Å². The summed E-state index contributed by atoms with van der Waals surface area (Å²) in [5.41, 5.74) is 0. The second kappa shape index (κ2) is 6.40. The number of ether oxygens (including phenoxy) is 3. The summed E-state index contributed by atoms with van der Waals surface area (Å²) in [7, 11) is 1.64. The zero-order chi connectivity index (χ0) is 16.2. The largest absolute Gasteiger partial charge is 0.497 e. The number of esters is 1. The Morgan fingerprint density at radius 2 is 1.48 bits per heavy atom. The highest BCUT2D eigenvalue weighted by molar-refractivity contribution is 5.85. The van der Waals surface area contributed by atoms with Crippen molar-refractivity contribution in [2.45, 2.75) is 6.92 Å². The van der Waals surface area contributed by atoms with Crippen LogP contribution >= 0.6 is 0 Å². The van der Waals surface area contributed by atoms with E-state index in [1.54, 1.807) is 25.3 Å². The van der Waals surface area contributed by atoms with Crippen molar-refractivity contribution in [3.8, 4) is 23.0 Å². The Hall–Kier alpha value is -3.01. The molecule has 4 heteroatoms. The fraction of sp³-hybridized carbons (Fsp3) is 0.105. The molecule has 4 nitrogen and oxygen atoms in total. The number of hydrogen-bond donors (Lipinski definition) is 0. The average Bonchev–Trinajstić information content (AvgIpc) is 2.55. The van der Waals surface area contributed by atoms with E-state index in [1.165, 1.54) is 6.92 Å². The molecule has 0 aromatic heterocycles. The Bertz CT molecular complexity index is 855. The van der Waals surface area contributed by atoms with Crippen molar-refractivity contribution in [1.82, 2.24) is 0 Å². The average molecular weight is 308 g/mol. The highest BCUT2D eigenvalue weighted by Gasteiger charge is 2.08. The van der Waals surface area contributed by atoms with Crippen molar-refractivity contribution in [2.24, 2.45) is 0 Å². The molecule has 3 aromatic carbocycles. The summed E-state index contributed by atoms with van der Waals surface area (Å²) >= 11 is 0. The third-order valence-electron chi connectivity index (χ3n) is 3.35. The van der Waals surface area contributed by atoms with E-state index in [9.17, 15) is 4.79 Å². The maximum Gasteiger partial charge on any atom is 0.308 e. The van der Waals surface area contributed by atoms with E-state index in [2.05, 4.69) is 0 Å². The maximum absolute atomic E-state index is 11.2. The number of fused-ring (bicyclic) bond motifs is 1. The predicted molar refractivity (Wildman–Crippen MR) is 88.3 cm³/mol. The van der Waals surface area contributed by atoms with Gasteiger partial charge in [0.25, 0.3) is 0 Å². The third-order valence-corrected chi connectivity index (χ3v) is 3.35. The van der Waals surface area contributed by atoms with Crippen molar-refractivity contribution in [3.63, 3.8) is 0 Å². The second-order valence-electron chi connectivity index (χ2n) is 5.02. The van der Waals surface area contributed by atoms with Crippen LogP contribution in [0.15, 0.2) is 60.7 Å². The molecule has 3 aromatic rings. The SMILES string of the molecule is COc1ccc2ccc(Oc3ccccc3OC(C)=O)cc2c1. The molecule has 0 amide bonds. The van der Waals surface area contributed by atoms with Crippen LogP contribution in [-0.2, 0) is 4.79 Å². The number of carbonyl (C=O) groups excluding carboxylic acids is 1. The lowest BCUT2D eigenvalue weighted by Crippen LogP contribution is -2.02. The van der Waals surface area contributed by atoms with Crippen LogP contribution < -0.4 is 14.2 Å². The summed E-state index contributed by atoms with van der Waals surface area (Å²) in [5, 5.41) is 2.10. The van der Waals surface area contributed by atoms with Crippen LogP contribution in [-0.4, -0.2) is 13.1 Å². The molecule has 0 atom stereocenters. The summed E-state index contributed by atoms with van der Waals surface area (Å²) in [6.07, 6.45) is 0. The van der Waals surface area contributed by atoms with Gasteiger partial charge in [0.05, 0.1) is 7.11 Å². The molecular weight excluding hydrogens is 292 g/mol. The molecule has 0 heterocycles. The summed E-state index contributed by atoms with van der Waals surface area (Å²) < 4.78 is 16.3. The molecule has 0 aliphatic rings. The Labute approximate surface area is 134 Å². The standard InChI is InChI=1S/C19H16O4/c1-13(20)22-18-5-3-4-6-19(18)23-17-10-8-14-7-9-16(21-2)11-15(14)12-17/h3-12H,1-2H3. The van der Waals surface area contributed by atoms with Crippen molar-refractivity contribution < 1.29 is 19.0 Å². The molecule has 0 bridgehead atoms. The Kier molecular flexibility index (Phi) is 4.15. The molecule has 0 aliphatic carbocycles. The van der Waals surface area contributed by atoms with Crippen molar-refractivity contribution in [1.29, 1.82) is 0 Å². The zero-order valence-electron chi connectivity index (χ0n) is 12.9. The first-order valence-electron chi connectivity index (χ1n) is 7.19. The van der Waals surface area contributed by atoms with Gasteiger partial charge in [-0.25, -0.2) is 0 Å². The van der Waals surface area contributed by atoms with Crippen LogP contribution in [0.25, 0.3) is 10.8 Å². The zero-order valence-corrected chi connectivity index (χ0v) is 12.9. The minimum Gasteiger partial charge on any atom is -0.497 e. The molecule has 0 unspecified atom stereocenters. The van der Waals surface area contributed by atoms with Crippen molar-refractivity contribution in [3.05, 3.63) is 60.7 Å². The molecule has 23 heavy (non-hydrogen) atoms. The fourth-order valence-electron chi connectivity index (χ4n) is 2.29. The number of methoxy groups -OCH3 is 1. The number of hydrogen-bond acceptors (Lipinski definition) is 4. The molecule has 0 N–H and O–H groups in total. The molecule has 0 aliphatic heterocycles. The van der Waals surface area contributed by atoms with E-state index in [1.807, 2.05) is 42.5 Å². The first-order valence-corrected chi connectivity index (χ1v) is 7.19. The van der Waals surface area contributed by atoms with Crippen LogP contribution in [0.2, 0.25) is 0 Å². The van der Waals surface area contributed by atoms with Gasteiger partial charge >= 0.3 is 5.97 Å². The molecule has 3 rings (SSSR count). The van der Waals surface area contributed by atoms with E-state index in [-0.39, 0.29) is 5.97 Å². The summed E-state index contributed by atoms with van der Waals surface area (Å²) in [6.45, 7) is 1.36. The van der Waals surface area contributed by atoms with Gasteiger partial charge in [0, 0.05) is 6.92 Å². The van der Waals surface area contributed by atoms with E-state index in [4.69, 9.17) is 14.2 Å². The van der Waals surface area contributed by atoms with E-state index in [0.29, 0.717) is 17.2 Å². The van der Waals surface area contributed by atoms with E-state index < -0.39 is 0 Å². The summed E-state index contributed by atoms with van der Waals surface area (Å²) in [5.74, 6) is 1.94. The van der Waals surface area contributed by atoms with Gasteiger partial charge in [-0.05, 0) is 47.2 Å². The fourth-order valence-corrected chi connectivity index (χ4v) is 2.29. The third kappa shape index (κ3) is 3.43. The molecule has 0 saturated carbocycles. The van der Waals surface area contributed by atoms with Gasteiger partial charge in [0.2, 0.25) is 0 Å². The first kappa shape index (κ1) is 14.9. The number of rotatable bonds is 4. The molecule has 0 fully saturated rings. The lowest BCUT2D eigenvalue weighted by molar-refractivity contribution is -0.131. The molecule has 0 spiro atoms. The predicted octanol–water partition coefficient (Wildman–Crippen LogP) is 4.57. The monoisotopic (exact) mass is 308 g/mol. The van der Waals surface area contributed by atoms with Crippen LogP contribution in [0.5, 0.6) is 23.0 Å². The van der Waals surface area contributed by atoms with Gasteiger partial charge in [-0.15, -0.1) is 0 Å². The number of para-hydroxylation sites is 2. The van der Waals surface area contributed by atoms with Gasteiger partial charge < -0.3 is 14.2 Å². The first-order chi connectivity index (χ1) is 11.2. The summed E-state index contributed by atoms with van der Waals surface area (Å²) in [6, 6.07) is 18.7. The minimum absolute atomic E-state index is 0.385. The Morgan fingerprint density at radius 1 is 0.826 bits per heavy atom. The quantitative estimate of drug-likeness (QED) is 0.523. The van der Waals surface area contributed by atoms with Crippen LogP contribution in [0.3, 0.4) is 0 Å². The minimum atomic E-state index is -0.385. The normalized spacial score (nSPS) is 10.3. The highest BCUT2D eigenvalue weighted by Crippen LogP contribution is 2.33. The van der Waals surface area contributed by atoms with E-state index in [0.717, 1.165) is 16.5 Å². The lowest BCUT2D eigenvalue weighted by atomic mass is 10.1. The van der Waals surface area contributed by atoms with Gasteiger partial charge in [-0.1, -0.05) is 24.3 Å². The number of carbonyl (C=O) groups is 1. The topological polar surface area (TPSA) is 44.8 Å². The van der Waals surface area contributed by atoms with Crippen LogP contribution in [0.4, 0.5) is 0 Å². The van der Waals surface area contributed by atoms with Gasteiger partial charge in [-0.2, -0.15) is 0 Å². The van der Waals surface area contributed by atoms with Gasteiger partial charge in [0.1, 0.15) is 11.5 Å². The smallest absolute Gasteiger partial charge is 0.308 e. The molecule has 0 radical (unpaired) electrons. The lowest BCUT2D eigenvalue weighted by Gasteiger charge is -2.11. The Balaban J connectivity index is 1.94. The van der Waals surface area contributed by atoms with E-state index >= 15 is 0 Å². The number of benzene rings is 3. The van der Waals surface area contributed by atoms with Gasteiger partial charge in [0.15, 0.2) is 11.5 Å². The summed E-state index contributed by atoms with van der Waals surface area (Å²) in [4.78, 5) is 11.2. The molecule has 0 saturated heterocycles. The second-order valence-corrected chi connectivity index (χ2v) is 5.02. The van der Waals surface area contributed by atoms with Crippen LogP contribution in [0.1, 0.15) is 6.92 Å². The Morgan fingerprint density at radius 3 is 2.17 bits per heavy atom. The van der Waals surface area contributed by atoms with Crippen molar-refractivity contribution in [2.75, 3.05) is 7.11 Å².